The molecule has 1 aliphatic carbocycles. The fourth-order valence-electron chi connectivity index (χ4n) is 4.55. The van der Waals surface area contributed by atoms with E-state index in [9.17, 15) is 0 Å². The SMILES string of the molecule is CC(C)CNCC1CCC1C1CCOC2(CCOCC2)C1. The maximum absolute atomic E-state index is 6.21. The molecule has 1 N–H and O–H groups in total. The lowest BCUT2D eigenvalue weighted by Crippen LogP contribution is -2.49. The van der Waals surface area contributed by atoms with Crippen molar-refractivity contribution >= 4 is 0 Å². The van der Waals surface area contributed by atoms with E-state index in [1.165, 1.54) is 32.2 Å². The van der Waals surface area contributed by atoms with Crippen LogP contribution in [0.5, 0.6) is 0 Å². The van der Waals surface area contributed by atoms with E-state index in [1.54, 1.807) is 0 Å². The summed E-state index contributed by atoms with van der Waals surface area (Å²) in [4.78, 5) is 0. The van der Waals surface area contributed by atoms with Crippen molar-refractivity contribution in [3.8, 4) is 0 Å². The van der Waals surface area contributed by atoms with Crippen LogP contribution in [-0.4, -0.2) is 38.5 Å². The fourth-order valence-corrected chi connectivity index (χ4v) is 4.55. The second-order valence-corrected chi connectivity index (χ2v) is 7.95. The zero-order valence-corrected chi connectivity index (χ0v) is 13.9. The lowest BCUT2D eigenvalue weighted by atomic mass is 9.62. The van der Waals surface area contributed by atoms with E-state index in [2.05, 4.69) is 19.2 Å². The van der Waals surface area contributed by atoms with Gasteiger partial charge in [0.2, 0.25) is 0 Å². The molecule has 122 valence electrons. The molecule has 1 saturated carbocycles. The molecule has 0 aromatic heterocycles. The molecular weight excluding hydrogens is 262 g/mol. The first kappa shape index (κ1) is 15.8. The Balaban J connectivity index is 1.49. The van der Waals surface area contributed by atoms with Crippen molar-refractivity contribution in [2.75, 3.05) is 32.9 Å². The minimum Gasteiger partial charge on any atom is -0.381 e. The molecule has 0 bridgehead atoms. The van der Waals surface area contributed by atoms with E-state index in [0.29, 0.717) is 0 Å². The van der Waals surface area contributed by atoms with Crippen molar-refractivity contribution < 1.29 is 9.47 Å². The molecule has 2 heterocycles. The monoisotopic (exact) mass is 295 g/mol. The van der Waals surface area contributed by atoms with Crippen LogP contribution in [0.4, 0.5) is 0 Å². The zero-order valence-electron chi connectivity index (χ0n) is 13.9. The van der Waals surface area contributed by atoms with Gasteiger partial charge in [-0.3, -0.25) is 0 Å². The summed E-state index contributed by atoms with van der Waals surface area (Å²) in [6.07, 6.45) is 7.70. The molecule has 0 aromatic carbocycles. The van der Waals surface area contributed by atoms with Gasteiger partial charge in [0, 0.05) is 19.8 Å². The van der Waals surface area contributed by atoms with Crippen LogP contribution < -0.4 is 5.32 Å². The van der Waals surface area contributed by atoms with Crippen LogP contribution in [-0.2, 0) is 9.47 Å². The number of hydrogen-bond donors (Lipinski definition) is 1. The summed E-state index contributed by atoms with van der Waals surface area (Å²) >= 11 is 0. The van der Waals surface area contributed by atoms with Gasteiger partial charge in [-0.25, -0.2) is 0 Å². The summed E-state index contributed by atoms with van der Waals surface area (Å²) in [5, 5.41) is 3.68. The molecule has 3 atom stereocenters. The molecule has 3 rings (SSSR count). The molecule has 1 spiro atoms. The van der Waals surface area contributed by atoms with Gasteiger partial charge in [-0.1, -0.05) is 13.8 Å². The molecule has 3 aliphatic rings. The summed E-state index contributed by atoms with van der Waals surface area (Å²) in [6.45, 7) is 9.76. The third-order valence-electron chi connectivity index (χ3n) is 5.98. The Morgan fingerprint density at radius 3 is 2.57 bits per heavy atom. The van der Waals surface area contributed by atoms with Crippen molar-refractivity contribution in [3.05, 3.63) is 0 Å². The summed E-state index contributed by atoms with van der Waals surface area (Å²) in [5.74, 6) is 3.53. The highest BCUT2D eigenvalue weighted by Gasteiger charge is 2.45. The van der Waals surface area contributed by atoms with Gasteiger partial charge >= 0.3 is 0 Å². The number of rotatable bonds is 5. The Bertz CT molecular complexity index is 320. The average Bonchev–Trinajstić information content (AvgIpc) is 2.43. The molecule has 3 heteroatoms. The van der Waals surface area contributed by atoms with E-state index in [1.807, 2.05) is 0 Å². The van der Waals surface area contributed by atoms with Crippen molar-refractivity contribution in [1.82, 2.24) is 5.32 Å². The predicted octanol–water partition coefficient (Wildman–Crippen LogP) is 3.23. The first-order chi connectivity index (χ1) is 10.2. The Labute approximate surface area is 130 Å². The molecule has 0 aromatic rings. The lowest BCUT2D eigenvalue weighted by Gasteiger charge is -2.50. The van der Waals surface area contributed by atoms with E-state index in [0.717, 1.165) is 62.9 Å². The highest BCUT2D eigenvalue weighted by molar-refractivity contribution is 4.95. The Hall–Kier alpha value is -0.120. The fraction of sp³-hybridized carbons (Fsp3) is 1.00. The van der Waals surface area contributed by atoms with Gasteiger partial charge in [0.15, 0.2) is 0 Å². The quantitative estimate of drug-likeness (QED) is 0.844. The second kappa shape index (κ2) is 6.97. The molecular formula is C18H33NO2. The average molecular weight is 295 g/mol. The molecule has 21 heavy (non-hydrogen) atoms. The van der Waals surface area contributed by atoms with Crippen LogP contribution in [0, 0.1) is 23.7 Å². The highest BCUT2D eigenvalue weighted by Crippen LogP contribution is 2.48. The maximum atomic E-state index is 6.21. The largest absolute Gasteiger partial charge is 0.381 e. The number of ether oxygens (including phenoxy) is 2. The second-order valence-electron chi connectivity index (χ2n) is 7.95. The number of hydrogen-bond acceptors (Lipinski definition) is 3. The molecule has 3 unspecified atom stereocenters. The minimum atomic E-state index is 0.173. The van der Waals surface area contributed by atoms with Gasteiger partial charge in [0.25, 0.3) is 0 Å². The molecule has 3 fully saturated rings. The normalized spacial score (nSPS) is 35.9. The summed E-state index contributed by atoms with van der Waals surface area (Å²) in [5.41, 5.74) is 0.173. The molecule has 2 aliphatic heterocycles. The van der Waals surface area contributed by atoms with Gasteiger partial charge in [0.1, 0.15) is 0 Å². The van der Waals surface area contributed by atoms with Crippen LogP contribution >= 0.6 is 0 Å². The van der Waals surface area contributed by atoms with Crippen molar-refractivity contribution in [2.45, 2.75) is 58.0 Å². The van der Waals surface area contributed by atoms with Gasteiger partial charge < -0.3 is 14.8 Å². The van der Waals surface area contributed by atoms with Crippen molar-refractivity contribution in [3.63, 3.8) is 0 Å². The first-order valence-electron chi connectivity index (χ1n) is 9.11. The topological polar surface area (TPSA) is 30.5 Å². The Morgan fingerprint density at radius 1 is 1.10 bits per heavy atom. The summed E-state index contributed by atoms with van der Waals surface area (Å²) < 4.78 is 11.7. The van der Waals surface area contributed by atoms with Crippen LogP contribution in [0.25, 0.3) is 0 Å². The predicted molar refractivity (Wildman–Crippen MR) is 85.4 cm³/mol. The molecule has 3 nitrogen and oxygen atoms in total. The highest BCUT2D eigenvalue weighted by atomic mass is 16.5. The van der Waals surface area contributed by atoms with E-state index in [4.69, 9.17) is 9.47 Å². The van der Waals surface area contributed by atoms with E-state index in [-0.39, 0.29) is 5.60 Å². The maximum Gasteiger partial charge on any atom is 0.0729 e. The van der Waals surface area contributed by atoms with Crippen molar-refractivity contribution in [2.24, 2.45) is 23.7 Å². The van der Waals surface area contributed by atoms with Crippen LogP contribution in [0.2, 0.25) is 0 Å². The first-order valence-corrected chi connectivity index (χ1v) is 9.11. The van der Waals surface area contributed by atoms with Gasteiger partial charge in [-0.15, -0.1) is 0 Å². The van der Waals surface area contributed by atoms with Gasteiger partial charge in [-0.05, 0) is 75.3 Å². The summed E-state index contributed by atoms with van der Waals surface area (Å²) in [7, 11) is 0. The lowest BCUT2D eigenvalue weighted by molar-refractivity contribution is -0.160. The standard InChI is InChI=1S/C18H33NO2/c1-14(2)12-19-13-16-3-4-17(16)15-5-8-21-18(11-15)6-9-20-10-7-18/h14-17,19H,3-13H2,1-2H3. The third kappa shape index (κ3) is 3.80. The van der Waals surface area contributed by atoms with Crippen molar-refractivity contribution in [1.29, 1.82) is 0 Å². The third-order valence-corrected chi connectivity index (χ3v) is 5.98. The van der Waals surface area contributed by atoms with Crippen LogP contribution in [0.3, 0.4) is 0 Å². The van der Waals surface area contributed by atoms with E-state index >= 15 is 0 Å². The number of nitrogens with one attached hydrogen (secondary N) is 1. The smallest absolute Gasteiger partial charge is 0.0729 e. The minimum absolute atomic E-state index is 0.173. The van der Waals surface area contributed by atoms with Gasteiger partial charge in [0.05, 0.1) is 5.60 Å². The van der Waals surface area contributed by atoms with E-state index < -0.39 is 0 Å². The Kier molecular flexibility index (Phi) is 5.23. The Morgan fingerprint density at radius 2 is 1.90 bits per heavy atom. The zero-order chi connectivity index (χ0) is 14.7. The van der Waals surface area contributed by atoms with Crippen LogP contribution in [0.15, 0.2) is 0 Å². The molecule has 0 radical (unpaired) electrons. The van der Waals surface area contributed by atoms with Crippen LogP contribution in [0.1, 0.15) is 52.4 Å². The van der Waals surface area contributed by atoms with Gasteiger partial charge in [-0.2, -0.15) is 0 Å². The molecule has 0 amide bonds. The summed E-state index contributed by atoms with van der Waals surface area (Å²) in [6, 6.07) is 0. The molecule has 2 saturated heterocycles.